The first-order chi connectivity index (χ1) is 15.9. The van der Waals surface area contributed by atoms with Crippen LogP contribution in [0, 0.1) is 5.82 Å². The maximum Gasteiger partial charge on any atom is 0.243 e. The Labute approximate surface area is 203 Å². The summed E-state index contributed by atoms with van der Waals surface area (Å²) in [5.74, 6) is -1.03. The SMILES string of the molecule is O=C(C[C@H]1SC(=Nc2ccc(F)cc2)N(Cc2ccccn2)C1=O)Nc1cccc(Cl)c1Cl. The first-order valence-corrected chi connectivity index (χ1v) is 11.5. The summed E-state index contributed by atoms with van der Waals surface area (Å²) in [5, 5.41) is 2.97. The largest absolute Gasteiger partial charge is 0.325 e. The number of carbonyl (C=O) groups is 2. The molecule has 6 nitrogen and oxygen atoms in total. The van der Waals surface area contributed by atoms with Gasteiger partial charge in [-0.15, -0.1) is 0 Å². The summed E-state index contributed by atoms with van der Waals surface area (Å²) in [4.78, 5) is 36.1. The molecular weight excluding hydrogens is 486 g/mol. The van der Waals surface area contributed by atoms with E-state index in [0.717, 1.165) is 0 Å². The minimum Gasteiger partial charge on any atom is -0.325 e. The molecule has 1 aliphatic rings. The highest BCUT2D eigenvalue weighted by Gasteiger charge is 2.39. The van der Waals surface area contributed by atoms with Gasteiger partial charge in [0.1, 0.15) is 11.1 Å². The molecule has 10 heteroatoms. The number of benzene rings is 2. The molecule has 1 aromatic heterocycles. The molecule has 0 aliphatic carbocycles. The molecule has 0 bridgehead atoms. The second-order valence-corrected chi connectivity index (χ2v) is 9.03. The molecule has 0 spiro atoms. The number of pyridine rings is 1. The number of aromatic nitrogens is 1. The summed E-state index contributed by atoms with van der Waals surface area (Å²) in [6.07, 6.45) is 1.55. The van der Waals surface area contributed by atoms with Crippen molar-refractivity contribution in [2.75, 3.05) is 5.32 Å². The molecule has 1 N–H and O–H groups in total. The second-order valence-electron chi connectivity index (χ2n) is 7.08. The molecule has 33 heavy (non-hydrogen) atoms. The van der Waals surface area contributed by atoms with Gasteiger partial charge in [0.25, 0.3) is 0 Å². The van der Waals surface area contributed by atoms with Crippen LogP contribution in [0.4, 0.5) is 15.8 Å². The van der Waals surface area contributed by atoms with Gasteiger partial charge in [-0.3, -0.25) is 19.5 Å². The molecule has 168 valence electrons. The number of hydrogen-bond donors (Lipinski definition) is 1. The average Bonchev–Trinajstić information content (AvgIpc) is 3.08. The Kier molecular flexibility index (Phi) is 7.27. The molecule has 2 aromatic carbocycles. The molecule has 1 atom stereocenters. The van der Waals surface area contributed by atoms with Crippen molar-refractivity contribution in [2.24, 2.45) is 4.99 Å². The zero-order chi connectivity index (χ0) is 23.4. The molecule has 1 fully saturated rings. The van der Waals surface area contributed by atoms with Crippen molar-refractivity contribution >= 4 is 63.3 Å². The minimum atomic E-state index is -0.689. The molecule has 0 saturated carbocycles. The Morgan fingerprint density at radius 1 is 1.12 bits per heavy atom. The minimum absolute atomic E-state index is 0.0898. The van der Waals surface area contributed by atoms with Gasteiger partial charge in [-0.1, -0.05) is 47.1 Å². The number of halogens is 3. The molecule has 2 amide bonds. The van der Waals surface area contributed by atoms with Gasteiger partial charge < -0.3 is 5.32 Å². The third-order valence-electron chi connectivity index (χ3n) is 4.71. The molecule has 0 unspecified atom stereocenters. The van der Waals surface area contributed by atoms with Gasteiger partial charge in [-0.25, -0.2) is 9.38 Å². The lowest BCUT2D eigenvalue weighted by Crippen LogP contribution is -2.33. The van der Waals surface area contributed by atoms with E-state index in [0.29, 0.717) is 27.3 Å². The van der Waals surface area contributed by atoms with E-state index in [1.165, 1.54) is 40.9 Å². The van der Waals surface area contributed by atoms with E-state index in [1.54, 1.807) is 36.5 Å². The van der Waals surface area contributed by atoms with Crippen molar-refractivity contribution in [1.82, 2.24) is 9.88 Å². The monoisotopic (exact) mass is 502 g/mol. The number of nitrogens with zero attached hydrogens (tertiary/aromatic N) is 3. The summed E-state index contributed by atoms with van der Waals surface area (Å²) >= 11 is 13.3. The number of rotatable bonds is 6. The lowest BCUT2D eigenvalue weighted by atomic mass is 10.2. The Balaban J connectivity index is 1.54. The van der Waals surface area contributed by atoms with Crippen molar-refractivity contribution in [2.45, 2.75) is 18.2 Å². The average molecular weight is 503 g/mol. The van der Waals surface area contributed by atoms with E-state index >= 15 is 0 Å². The van der Waals surface area contributed by atoms with Crippen molar-refractivity contribution < 1.29 is 14.0 Å². The number of aliphatic imine (C=N–C) groups is 1. The van der Waals surface area contributed by atoms with Gasteiger partial charge in [-0.2, -0.15) is 0 Å². The van der Waals surface area contributed by atoms with Crippen LogP contribution in [0.1, 0.15) is 12.1 Å². The van der Waals surface area contributed by atoms with Crippen LogP contribution in [0.25, 0.3) is 0 Å². The molecule has 4 rings (SSSR count). The van der Waals surface area contributed by atoms with Crippen LogP contribution in [0.5, 0.6) is 0 Å². The number of anilines is 1. The summed E-state index contributed by atoms with van der Waals surface area (Å²) < 4.78 is 13.3. The second kappa shape index (κ2) is 10.3. The van der Waals surface area contributed by atoms with Gasteiger partial charge in [0, 0.05) is 12.6 Å². The lowest BCUT2D eigenvalue weighted by Gasteiger charge is -2.16. The Morgan fingerprint density at radius 3 is 2.64 bits per heavy atom. The third-order valence-corrected chi connectivity index (χ3v) is 6.71. The van der Waals surface area contributed by atoms with Crippen molar-refractivity contribution in [3.63, 3.8) is 0 Å². The highest BCUT2D eigenvalue weighted by Crippen LogP contribution is 2.34. The molecule has 1 aliphatic heterocycles. The zero-order valence-electron chi connectivity index (χ0n) is 17.0. The molecule has 2 heterocycles. The van der Waals surface area contributed by atoms with Crippen LogP contribution in [-0.2, 0) is 16.1 Å². The highest BCUT2D eigenvalue weighted by molar-refractivity contribution is 8.15. The van der Waals surface area contributed by atoms with Crippen molar-refractivity contribution in [3.05, 3.63) is 88.4 Å². The van der Waals surface area contributed by atoms with E-state index in [1.807, 2.05) is 6.07 Å². The van der Waals surface area contributed by atoms with Crippen LogP contribution in [0.2, 0.25) is 10.0 Å². The van der Waals surface area contributed by atoms with Crippen LogP contribution in [-0.4, -0.2) is 32.1 Å². The topological polar surface area (TPSA) is 74.7 Å². The summed E-state index contributed by atoms with van der Waals surface area (Å²) in [6.45, 7) is 0.199. The third kappa shape index (κ3) is 5.71. The zero-order valence-corrected chi connectivity index (χ0v) is 19.4. The Morgan fingerprint density at radius 2 is 1.91 bits per heavy atom. The molecule has 0 radical (unpaired) electrons. The van der Waals surface area contributed by atoms with Crippen LogP contribution in [0.3, 0.4) is 0 Å². The normalized spacial score (nSPS) is 16.9. The fourth-order valence-electron chi connectivity index (χ4n) is 3.12. The molecule has 3 aromatic rings. The van der Waals surface area contributed by atoms with Gasteiger partial charge >= 0.3 is 0 Å². The van der Waals surface area contributed by atoms with Crippen molar-refractivity contribution in [1.29, 1.82) is 0 Å². The summed E-state index contributed by atoms with van der Waals surface area (Å²) in [7, 11) is 0. The number of carbonyl (C=O) groups excluding carboxylic acids is 2. The van der Waals surface area contributed by atoms with Gasteiger partial charge in [0.15, 0.2) is 5.17 Å². The van der Waals surface area contributed by atoms with Crippen molar-refractivity contribution in [3.8, 4) is 0 Å². The fraction of sp³-hybridized carbons (Fsp3) is 0.130. The predicted molar refractivity (Wildman–Crippen MR) is 129 cm³/mol. The number of amides is 2. The van der Waals surface area contributed by atoms with E-state index in [2.05, 4.69) is 15.3 Å². The van der Waals surface area contributed by atoms with Crippen LogP contribution < -0.4 is 5.32 Å². The fourth-order valence-corrected chi connectivity index (χ4v) is 4.63. The summed E-state index contributed by atoms with van der Waals surface area (Å²) in [6, 6.07) is 16.0. The molecular formula is C23H17Cl2FN4O2S. The van der Waals surface area contributed by atoms with E-state index in [4.69, 9.17) is 23.2 Å². The maximum absolute atomic E-state index is 13.3. The van der Waals surface area contributed by atoms with Crippen LogP contribution in [0.15, 0.2) is 71.9 Å². The van der Waals surface area contributed by atoms with E-state index in [9.17, 15) is 14.0 Å². The van der Waals surface area contributed by atoms with E-state index < -0.39 is 5.25 Å². The van der Waals surface area contributed by atoms with Gasteiger partial charge in [0.2, 0.25) is 11.8 Å². The lowest BCUT2D eigenvalue weighted by molar-refractivity contribution is -0.128. The van der Waals surface area contributed by atoms with E-state index in [-0.39, 0.29) is 35.6 Å². The standard InChI is InChI=1S/C23H17Cl2FN4O2S/c24-17-5-3-6-18(21(17)25)29-20(31)12-19-22(32)30(13-16-4-1-2-11-27-16)23(33-19)28-15-9-7-14(26)8-10-15/h1-11,19H,12-13H2,(H,29,31)/t19-/m1/s1. The predicted octanol–water partition coefficient (Wildman–Crippen LogP) is 5.69. The maximum atomic E-state index is 13.3. The quantitative estimate of drug-likeness (QED) is 0.469. The van der Waals surface area contributed by atoms with Gasteiger partial charge in [-0.05, 0) is 48.5 Å². The first kappa shape index (κ1) is 23.2. The Hall–Kier alpha value is -2.94. The highest BCUT2D eigenvalue weighted by atomic mass is 35.5. The number of amidine groups is 1. The molecule has 1 saturated heterocycles. The van der Waals surface area contributed by atoms with Crippen LogP contribution >= 0.6 is 35.0 Å². The Bertz CT molecular complexity index is 1210. The first-order valence-electron chi connectivity index (χ1n) is 9.87. The number of thioether (sulfide) groups is 1. The number of nitrogens with one attached hydrogen (secondary N) is 1. The van der Waals surface area contributed by atoms with Gasteiger partial charge in [0.05, 0.1) is 33.7 Å². The smallest absolute Gasteiger partial charge is 0.243 e. The summed E-state index contributed by atoms with van der Waals surface area (Å²) in [5.41, 5.74) is 1.54. The number of hydrogen-bond acceptors (Lipinski definition) is 5.